The minimum absolute atomic E-state index is 0.0622. The third-order valence-electron chi connectivity index (χ3n) is 2.42. The molecule has 0 radical (unpaired) electrons. The van der Waals surface area contributed by atoms with Gasteiger partial charge in [0.25, 0.3) is 0 Å². The molecule has 0 unspecified atom stereocenters. The molecule has 1 aromatic carbocycles. The lowest BCUT2D eigenvalue weighted by molar-refractivity contribution is -0.140. The van der Waals surface area contributed by atoms with Crippen LogP contribution >= 0.6 is 0 Å². The number of aromatic nitrogens is 1. The number of methoxy groups -OCH3 is 1. The number of carboxylic acid groups (broad SMARTS) is 1. The van der Waals surface area contributed by atoms with Crippen molar-refractivity contribution in [2.75, 3.05) is 7.11 Å². The molecule has 19 heavy (non-hydrogen) atoms. The molecule has 98 valence electrons. The molecule has 0 saturated carbocycles. The molecule has 6 nitrogen and oxygen atoms in total. The Kier molecular flexibility index (Phi) is 3.61. The number of rotatable bonds is 4. The van der Waals surface area contributed by atoms with E-state index in [-0.39, 0.29) is 12.3 Å². The lowest BCUT2D eigenvalue weighted by Crippen LogP contribution is -2.04. The van der Waals surface area contributed by atoms with Gasteiger partial charge in [-0.05, 0) is 12.1 Å². The van der Waals surface area contributed by atoms with Gasteiger partial charge in [0.05, 0.1) is 7.11 Å². The minimum Gasteiger partial charge on any atom is -0.478 e. The average Bonchev–Trinajstić information content (AvgIpc) is 2.78. The van der Waals surface area contributed by atoms with E-state index in [0.29, 0.717) is 16.7 Å². The second kappa shape index (κ2) is 5.34. The van der Waals surface area contributed by atoms with E-state index in [4.69, 9.17) is 9.52 Å². The molecular formula is C13H11NO5. The summed E-state index contributed by atoms with van der Waals surface area (Å²) in [5.41, 5.74) is 1.62. The highest BCUT2D eigenvalue weighted by Gasteiger charge is 2.12. The highest BCUT2D eigenvalue weighted by Crippen LogP contribution is 2.21. The number of carboxylic acids is 1. The monoisotopic (exact) mass is 261 g/mol. The molecule has 1 heterocycles. The summed E-state index contributed by atoms with van der Waals surface area (Å²) >= 11 is 0. The lowest BCUT2D eigenvalue weighted by Gasteiger charge is -1.92. The van der Waals surface area contributed by atoms with Crippen LogP contribution in [-0.2, 0) is 20.7 Å². The highest BCUT2D eigenvalue weighted by atomic mass is 16.5. The normalized spacial score (nSPS) is 11.0. The van der Waals surface area contributed by atoms with E-state index in [9.17, 15) is 9.59 Å². The van der Waals surface area contributed by atoms with Crippen LogP contribution in [0.1, 0.15) is 11.5 Å². The van der Waals surface area contributed by atoms with E-state index in [1.807, 2.05) is 0 Å². The van der Waals surface area contributed by atoms with Crippen molar-refractivity contribution in [2.24, 2.45) is 0 Å². The molecule has 0 aliphatic rings. The number of aliphatic carboxylic acids is 1. The maximum Gasteiger partial charge on any atom is 0.328 e. The van der Waals surface area contributed by atoms with E-state index in [1.165, 1.54) is 13.2 Å². The van der Waals surface area contributed by atoms with Crippen LogP contribution in [0.15, 0.2) is 28.7 Å². The average molecular weight is 261 g/mol. The topological polar surface area (TPSA) is 89.6 Å². The van der Waals surface area contributed by atoms with E-state index < -0.39 is 11.9 Å². The van der Waals surface area contributed by atoms with Crippen molar-refractivity contribution in [3.63, 3.8) is 0 Å². The van der Waals surface area contributed by atoms with Crippen molar-refractivity contribution in [1.82, 2.24) is 4.98 Å². The predicted octanol–water partition coefficient (Wildman–Crippen LogP) is 1.64. The molecule has 0 bridgehead atoms. The Labute approximate surface area is 108 Å². The van der Waals surface area contributed by atoms with Gasteiger partial charge in [0.2, 0.25) is 5.89 Å². The van der Waals surface area contributed by atoms with Gasteiger partial charge < -0.3 is 14.3 Å². The van der Waals surface area contributed by atoms with Crippen molar-refractivity contribution in [3.05, 3.63) is 35.7 Å². The Morgan fingerprint density at radius 2 is 2.26 bits per heavy atom. The first-order chi connectivity index (χ1) is 9.10. The molecule has 0 spiro atoms. The van der Waals surface area contributed by atoms with Gasteiger partial charge in [0.15, 0.2) is 5.58 Å². The molecule has 1 aromatic heterocycles. The fraction of sp³-hybridized carbons (Fsp3) is 0.154. The second-order valence-corrected chi connectivity index (χ2v) is 3.73. The standard InChI is InChI=1S/C13H11NO5/c1-18-12(17)7-10-14-13-8(5-6-11(15)16)3-2-4-9(13)19-10/h2-6H,7H2,1H3,(H,15,16)/b6-5+. The first-order valence-electron chi connectivity index (χ1n) is 5.46. The summed E-state index contributed by atoms with van der Waals surface area (Å²) in [6, 6.07) is 5.13. The van der Waals surface area contributed by atoms with Crippen LogP contribution in [0.4, 0.5) is 0 Å². The maximum absolute atomic E-state index is 11.1. The van der Waals surface area contributed by atoms with Crippen LogP contribution in [0.3, 0.4) is 0 Å². The van der Waals surface area contributed by atoms with E-state index >= 15 is 0 Å². The third-order valence-corrected chi connectivity index (χ3v) is 2.42. The van der Waals surface area contributed by atoms with Crippen molar-refractivity contribution in [2.45, 2.75) is 6.42 Å². The zero-order chi connectivity index (χ0) is 13.8. The Balaban J connectivity index is 2.39. The predicted molar refractivity (Wildman–Crippen MR) is 66.4 cm³/mol. The first kappa shape index (κ1) is 12.8. The zero-order valence-corrected chi connectivity index (χ0v) is 10.1. The van der Waals surface area contributed by atoms with Crippen molar-refractivity contribution >= 4 is 29.1 Å². The first-order valence-corrected chi connectivity index (χ1v) is 5.46. The number of oxazole rings is 1. The number of carbonyl (C=O) groups excluding carboxylic acids is 1. The maximum atomic E-state index is 11.1. The van der Waals surface area contributed by atoms with Crippen LogP contribution in [0.5, 0.6) is 0 Å². The van der Waals surface area contributed by atoms with Gasteiger partial charge in [0, 0.05) is 11.6 Å². The summed E-state index contributed by atoms with van der Waals surface area (Å²) in [6.07, 6.45) is 2.38. The fourth-order valence-electron chi connectivity index (χ4n) is 1.58. The molecule has 0 atom stereocenters. The molecule has 0 saturated heterocycles. The summed E-state index contributed by atoms with van der Waals surface area (Å²) < 4.78 is 9.92. The van der Waals surface area contributed by atoms with Crippen LogP contribution in [0.2, 0.25) is 0 Å². The molecule has 0 aliphatic heterocycles. The van der Waals surface area contributed by atoms with Crippen LogP contribution in [0, 0.1) is 0 Å². The summed E-state index contributed by atoms with van der Waals surface area (Å²) in [4.78, 5) is 25.8. The van der Waals surface area contributed by atoms with Gasteiger partial charge in [0.1, 0.15) is 11.9 Å². The third kappa shape index (κ3) is 2.98. The summed E-state index contributed by atoms with van der Waals surface area (Å²) in [6.45, 7) is 0. The van der Waals surface area contributed by atoms with E-state index in [2.05, 4.69) is 9.72 Å². The molecule has 0 amide bonds. The number of esters is 1. The largest absolute Gasteiger partial charge is 0.478 e. The van der Waals surface area contributed by atoms with Gasteiger partial charge in [-0.3, -0.25) is 4.79 Å². The smallest absolute Gasteiger partial charge is 0.328 e. The number of benzene rings is 1. The van der Waals surface area contributed by atoms with Crippen LogP contribution < -0.4 is 0 Å². The summed E-state index contributed by atoms with van der Waals surface area (Å²) in [7, 11) is 1.28. The molecular weight excluding hydrogens is 250 g/mol. The fourth-order valence-corrected chi connectivity index (χ4v) is 1.58. The van der Waals surface area contributed by atoms with Gasteiger partial charge in [-0.25, -0.2) is 9.78 Å². The molecule has 1 N–H and O–H groups in total. The van der Waals surface area contributed by atoms with Crippen molar-refractivity contribution in [1.29, 1.82) is 0 Å². The Bertz CT molecular complexity index is 656. The molecule has 0 aliphatic carbocycles. The number of ether oxygens (including phenoxy) is 1. The zero-order valence-electron chi connectivity index (χ0n) is 10.1. The molecule has 2 aromatic rings. The second-order valence-electron chi connectivity index (χ2n) is 3.73. The van der Waals surface area contributed by atoms with Gasteiger partial charge in [-0.15, -0.1) is 0 Å². The lowest BCUT2D eigenvalue weighted by atomic mass is 10.2. The Morgan fingerprint density at radius 1 is 1.47 bits per heavy atom. The number of nitrogens with zero attached hydrogens (tertiary/aromatic N) is 1. The number of para-hydroxylation sites is 1. The van der Waals surface area contributed by atoms with Gasteiger partial charge in [-0.1, -0.05) is 12.1 Å². The molecule has 2 rings (SSSR count). The van der Waals surface area contributed by atoms with E-state index in [0.717, 1.165) is 6.08 Å². The van der Waals surface area contributed by atoms with Crippen molar-refractivity contribution in [3.8, 4) is 0 Å². The minimum atomic E-state index is -1.05. The molecule has 0 fully saturated rings. The van der Waals surface area contributed by atoms with E-state index in [1.54, 1.807) is 18.2 Å². The highest BCUT2D eigenvalue weighted by molar-refractivity contribution is 5.90. The Hall–Kier alpha value is -2.63. The summed E-state index contributed by atoms with van der Waals surface area (Å²) in [5, 5.41) is 8.61. The van der Waals surface area contributed by atoms with Crippen LogP contribution in [-0.4, -0.2) is 29.1 Å². The Morgan fingerprint density at radius 3 is 2.95 bits per heavy atom. The quantitative estimate of drug-likeness (QED) is 0.664. The SMILES string of the molecule is COC(=O)Cc1nc2c(/C=C/C(=O)O)cccc2o1. The van der Waals surface area contributed by atoms with Gasteiger partial charge in [-0.2, -0.15) is 0 Å². The van der Waals surface area contributed by atoms with Crippen molar-refractivity contribution < 1.29 is 23.8 Å². The number of hydrogen-bond donors (Lipinski definition) is 1. The van der Waals surface area contributed by atoms with Gasteiger partial charge >= 0.3 is 11.9 Å². The summed E-state index contributed by atoms with van der Waals surface area (Å²) in [5.74, 6) is -1.26. The number of carbonyl (C=O) groups is 2. The number of fused-ring (bicyclic) bond motifs is 1. The molecule has 6 heteroatoms. The number of hydrogen-bond acceptors (Lipinski definition) is 5. The van der Waals surface area contributed by atoms with Crippen LogP contribution in [0.25, 0.3) is 17.2 Å².